The summed E-state index contributed by atoms with van der Waals surface area (Å²) < 4.78 is 5.46. The molecule has 1 aromatic carbocycles. The number of Topliss-reactive ketones (excluding diaryl/α,β-unsaturated/α-hetero) is 1. The highest BCUT2D eigenvalue weighted by Crippen LogP contribution is 2.35. The minimum absolute atomic E-state index is 0.183. The molecule has 1 fully saturated rings. The summed E-state index contributed by atoms with van der Waals surface area (Å²) in [5, 5.41) is 0. The molecule has 2 rings (SSSR count). The number of hydrogen-bond donors (Lipinski definition) is 0. The van der Waals surface area contributed by atoms with Gasteiger partial charge in [0.15, 0.2) is 5.78 Å². The lowest BCUT2D eigenvalue weighted by molar-refractivity contribution is 0.00158. The standard InChI is InChI=1S/C14H17O2/c1-2-14(9-6-10-16-11-14)13(15)12-7-4-3-5-8-12/h3-5,7-8H,1-2,6,9-11H2. The van der Waals surface area contributed by atoms with Crippen molar-refractivity contribution in [3.8, 4) is 0 Å². The van der Waals surface area contributed by atoms with E-state index in [1.807, 2.05) is 30.3 Å². The van der Waals surface area contributed by atoms with Crippen molar-refractivity contribution < 1.29 is 9.53 Å². The Morgan fingerprint density at radius 3 is 2.69 bits per heavy atom. The first kappa shape index (κ1) is 11.3. The van der Waals surface area contributed by atoms with Crippen LogP contribution in [0.2, 0.25) is 0 Å². The van der Waals surface area contributed by atoms with E-state index in [4.69, 9.17) is 4.74 Å². The molecule has 0 amide bonds. The van der Waals surface area contributed by atoms with Crippen LogP contribution in [0.1, 0.15) is 29.6 Å². The molecule has 0 aliphatic carbocycles. The molecule has 1 aliphatic rings. The summed E-state index contributed by atoms with van der Waals surface area (Å²) in [6.45, 7) is 5.21. The number of hydrogen-bond acceptors (Lipinski definition) is 2. The van der Waals surface area contributed by atoms with Gasteiger partial charge in [-0.25, -0.2) is 0 Å². The van der Waals surface area contributed by atoms with Gasteiger partial charge in [0.1, 0.15) is 0 Å². The summed E-state index contributed by atoms with van der Waals surface area (Å²) in [5.74, 6) is 0.183. The number of ketones is 1. The van der Waals surface area contributed by atoms with Crippen LogP contribution in [-0.2, 0) is 4.74 Å². The predicted octanol–water partition coefficient (Wildman–Crippen LogP) is 2.89. The molecule has 0 bridgehead atoms. The lowest BCUT2D eigenvalue weighted by Crippen LogP contribution is -2.39. The maximum absolute atomic E-state index is 12.4. The normalized spacial score (nSPS) is 25.3. The Bertz CT molecular complexity index is 350. The van der Waals surface area contributed by atoms with Crippen LogP contribution in [-0.4, -0.2) is 19.0 Å². The van der Waals surface area contributed by atoms with Gasteiger partial charge in [-0.2, -0.15) is 0 Å². The number of benzene rings is 1. The number of carbonyl (C=O) groups excluding carboxylic acids is 1. The molecule has 1 aliphatic heterocycles. The third kappa shape index (κ3) is 2.03. The Kier molecular flexibility index (Phi) is 3.39. The monoisotopic (exact) mass is 217 g/mol. The number of ether oxygens (including phenoxy) is 1. The first-order chi connectivity index (χ1) is 7.78. The zero-order valence-electron chi connectivity index (χ0n) is 9.45. The molecule has 1 radical (unpaired) electrons. The maximum atomic E-state index is 12.4. The molecule has 0 N–H and O–H groups in total. The van der Waals surface area contributed by atoms with E-state index in [1.165, 1.54) is 0 Å². The molecule has 0 aromatic heterocycles. The summed E-state index contributed by atoms with van der Waals surface area (Å²) in [6, 6.07) is 9.45. The lowest BCUT2D eigenvalue weighted by Gasteiger charge is -2.34. The van der Waals surface area contributed by atoms with Gasteiger partial charge in [0, 0.05) is 12.2 Å². The van der Waals surface area contributed by atoms with Gasteiger partial charge < -0.3 is 4.74 Å². The van der Waals surface area contributed by atoms with E-state index in [-0.39, 0.29) is 11.2 Å². The van der Waals surface area contributed by atoms with Crippen LogP contribution in [0.3, 0.4) is 0 Å². The van der Waals surface area contributed by atoms with Crippen molar-refractivity contribution in [3.05, 3.63) is 42.8 Å². The van der Waals surface area contributed by atoms with Gasteiger partial charge in [0.05, 0.1) is 12.0 Å². The second kappa shape index (κ2) is 4.79. The van der Waals surface area contributed by atoms with Crippen molar-refractivity contribution >= 4 is 5.78 Å². The average molecular weight is 217 g/mol. The van der Waals surface area contributed by atoms with Gasteiger partial charge in [0.25, 0.3) is 0 Å². The van der Waals surface area contributed by atoms with E-state index in [0.717, 1.165) is 25.0 Å². The van der Waals surface area contributed by atoms with Gasteiger partial charge in [-0.3, -0.25) is 4.79 Å². The Hall–Kier alpha value is -1.15. The van der Waals surface area contributed by atoms with Crippen molar-refractivity contribution in [2.45, 2.75) is 19.3 Å². The maximum Gasteiger partial charge on any atom is 0.171 e. The summed E-state index contributed by atoms with van der Waals surface area (Å²) in [5.41, 5.74) is 0.385. The van der Waals surface area contributed by atoms with Crippen LogP contribution >= 0.6 is 0 Å². The largest absolute Gasteiger partial charge is 0.380 e. The zero-order chi connectivity index (χ0) is 11.4. The Morgan fingerprint density at radius 2 is 2.12 bits per heavy atom. The fraction of sp³-hybridized carbons (Fsp3) is 0.429. The van der Waals surface area contributed by atoms with Crippen molar-refractivity contribution in [1.29, 1.82) is 0 Å². The van der Waals surface area contributed by atoms with Crippen LogP contribution in [0.4, 0.5) is 0 Å². The van der Waals surface area contributed by atoms with Gasteiger partial charge in [0.2, 0.25) is 0 Å². The minimum atomic E-state index is -0.389. The Labute approximate surface area is 96.6 Å². The minimum Gasteiger partial charge on any atom is -0.380 e. The van der Waals surface area contributed by atoms with Crippen LogP contribution in [0.5, 0.6) is 0 Å². The van der Waals surface area contributed by atoms with Crippen LogP contribution in [0.25, 0.3) is 0 Å². The summed E-state index contributed by atoms with van der Waals surface area (Å²) in [7, 11) is 0. The molecule has 2 nitrogen and oxygen atoms in total. The van der Waals surface area contributed by atoms with Crippen molar-refractivity contribution in [2.75, 3.05) is 13.2 Å². The van der Waals surface area contributed by atoms with Crippen LogP contribution in [0.15, 0.2) is 30.3 Å². The molecule has 2 heteroatoms. The molecule has 85 valence electrons. The van der Waals surface area contributed by atoms with E-state index >= 15 is 0 Å². The van der Waals surface area contributed by atoms with E-state index in [0.29, 0.717) is 13.0 Å². The molecule has 0 saturated carbocycles. The molecule has 0 spiro atoms. The van der Waals surface area contributed by atoms with Gasteiger partial charge in [-0.05, 0) is 19.3 Å². The van der Waals surface area contributed by atoms with E-state index in [2.05, 4.69) is 6.92 Å². The molecule has 1 saturated heterocycles. The summed E-state index contributed by atoms with van der Waals surface area (Å²) in [6.07, 6.45) is 2.46. The lowest BCUT2D eigenvalue weighted by atomic mass is 9.74. The molecular weight excluding hydrogens is 200 g/mol. The molecular formula is C14H17O2. The second-order valence-corrected chi connectivity index (χ2v) is 4.38. The fourth-order valence-electron chi connectivity index (χ4n) is 2.24. The second-order valence-electron chi connectivity index (χ2n) is 4.38. The molecule has 1 atom stereocenters. The third-order valence-electron chi connectivity index (χ3n) is 3.32. The highest BCUT2D eigenvalue weighted by molar-refractivity contribution is 6.00. The molecule has 1 unspecified atom stereocenters. The molecule has 16 heavy (non-hydrogen) atoms. The third-order valence-corrected chi connectivity index (χ3v) is 3.32. The van der Waals surface area contributed by atoms with Gasteiger partial charge >= 0.3 is 0 Å². The quantitative estimate of drug-likeness (QED) is 0.728. The number of carbonyl (C=O) groups is 1. The first-order valence-corrected chi connectivity index (χ1v) is 5.75. The SMILES string of the molecule is [CH2]CC1(C(=O)c2ccccc2)CCCOC1. The van der Waals surface area contributed by atoms with E-state index in [9.17, 15) is 4.79 Å². The molecule has 1 aromatic rings. The highest BCUT2D eigenvalue weighted by Gasteiger charge is 2.38. The molecule has 1 heterocycles. The topological polar surface area (TPSA) is 26.3 Å². The van der Waals surface area contributed by atoms with E-state index in [1.54, 1.807) is 0 Å². The first-order valence-electron chi connectivity index (χ1n) is 5.75. The smallest absolute Gasteiger partial charge is 0.171 e. The Balaban J connectivity index is 2.24. The fourth-order valence-corrected chi connectivity index (χ4v) is 2.24. The van der Waals surface area contributed by atoms with Crippen LogP contribution < -0.4 is 0 Å². The highest BCUT2D eigenvalue weighted by atomic mass is 16.5. The van der Waals surface area contributed by atoms with Crippen molar-refractivity contribution in [3.63, 3.8) is 0 Å². The zero-order valence-corrected chi connectivity index (χ0v) is 9.45. The Morgan fingerprint density at radius 1 is 1.38 bits per heavy atom. The van der Waals surface area contributed by atoms with Crippen LogP contribution in [0, 0.1) is 12.3 Å². The average Bonchev–Trinajstić information content (AvgIpc) is 2.39. The van der Waals surface area contributed by atoms with Gasteiger partial charge in [-0.15, -0.1) is 0 Å². The predicted molar refractivity (Wildman–Crippen MR) is 63.2 cm³/mol. The van der Waals surface area contributed by atoms with Gasteiger partial charge in [-0.1, -0.05) is 37.3 Å². The summed E-state index contributed by atoms with van der Waals surface area (Å²) in [4.78, 5) is 12.4. The number of rotatable bonds is 3. The van der Waals surface area contributed by atoms with E-state index < -0.39 is 0 Å². The summed E-state index contributed by atoms with van der Waals surface area (Å²) >= 11 is 0. The van der Waals surface area contributed by atoms with Crippen molar-refractivity contribution in [2.24, 2.45) is 5.41 Å². The van der Waals surface area contributed by atoms with Crippen molar-refractivity contribution in [1.82, 2.24) is 0 Å².